The van der Waals surface area contributed by atoms with Crippen molar-refractivity contribution in [3.8, 4) is 5.75 Å². The van der Waals surface area contributed by atoms with E-state index < -0.39 is 10.0 Å². The zero-order valence-electron chi connectivity index (χ0n) is 17.5. The first kappa shape index (κ1) is 21.7. The van der Waals surface area contributed by atoms with Crippen LogP contribution in [0.4, 0.5) is 5.13 Å². The Morgan fingerprint density at radius 1 is 1.19 bits per heavy atom. The fraction of sp³-hybridized carbons (Fsp3) is 0.364. The number of ether oxygens (including phenoxy) is 1. The maximum absolute atomic E-state index is 12.8. The largest absolute Gasteiger partial charge is 0.497 e. The van der Waals surface area contributed by atoms with Crippen LogP contribution in [0, 0.1) is 5.92 Å². The summed E-state index contributed by atoms with van der Waals surface area (Å²) in [5.74, 6) is 1.18. The molecule has 2 aromatic carbocycles. The average molecular weight is 460 g/mol. The lowest BCUT2D eigenvalue weighted by atomic mass is 10.0. The minimum absolute atomic E-state index is 0.0765. The number of Topliss-reactive ketones (excluding diaryl/α,β-unsaturated/α-hetero) is 1. The highest BCUT2D eigenvalue weighted by Gasteiger charge is 2.28. The van der Waals surface area contributed by atoms with Crippen LogP contribution in [-0.4, -0.2) is 50.2 Å². The van der Waals surface area contributed by atoms with Crippen LogP contribution in [0.25, 0.3) is 10.2 Å². The van der Waals surface area contributed by atoms with Crippen molar-refractivity contribution in [1.29, 1.82) is 0 Å². The summed E-state index contributed by atoms with van der Waals surface area (Å²) < 4.78 is 33.4. The Bertz CT molecular complexity index is 1180. The molecule has 1 aliphatic rings. The topological polar surface area (TPSA) is 88.6 Å². The zero-order chi connectivity index (χ0) is 22.0. The van der Waals surface area contributed by atoms with Crippen molar-refractivity contribution < 1.29 is 17.9 Å². The van der Waals surface area contributed by atoms with Gasteiger partial charge in [-0.05, 0) is 61.2 Å². The number of nitrogens with one attached hydrogen (secondary N) is 1. The highest BCUT2D eigenvalue weighted by Crippen LogP contribution is 2.29. The molecule has 0 radical (unpaired) electrons. The van der Waals surface area contributed by atoms with E-state index in [-0.39, 0.29) is 17.2 Å². The number of rotatable bonds is 7. The molecule has 0 saturated carbocycles. The van der Waals surface area contributed by atoms with Gasteiger partial charge in [0.15, 0.2) is 10.9 Å². The highest BCUT2D eigenvalue weighted by atomic mass is 32.2. The minimum Gasteiger partial charge on any atom is -0.497 e. The summed E-state index contributed by atoms with van der Waals surface area (Å²) in [5.41, 5.74) is 1.30. The number of carbonyl (C=O) groups is 1. The fourth-order valence-corrected chi connectivity index (χ4v) is 5.91. The lowest BCUT2D eigenvalue weighted by molar-refractivity contribution is 0.101. The van der Waals surface area contributed by atoms with Gasteiger partial charge in [-0.15, -0.1) is 0 Å². The van der Waals surface area contributed by atoms with Gasteiger partial charge in [-0.2, -0.15) is 4.31 Å². The number of carbonyl (C=O) groups excluding carboxylic acids is 1. The van der Waals surface area contributed by atoms with Crippen molar-refractivity contribution in [2.75, 3.05) is 32.1 Å². The summed E-state index contributed by atoms with van der Waals surface area (Å²) in [7, 11) is -1.90. The highest BCUT2D eigenvalue weighted by molar-refractivity contribution is 7.89. The quantitative estimate of drug-likeness (QED) is 0.537. The molecule has 0 atom stereocenters. The summed E-state index contributed by atoms with van der Waals surface area (Å²) in [6.07, 6.45) is 1.75. The number of fused-ring (bicyclic) bond motifs is 1. The Kier molecular flexibility index (Phi) is 6.27. The van der Waals surface area contributed by atoms with Gasteiger partial charge in [0, 0.05) is 18.7 Å². The van der Waals surface area contributed by atoms with Gasteiger partial charge in [0.05, 0.1) is 28.8 Å². The maximum Gasteiger partial charge on any atom is 0.243 e. The molecule has 1 N–H and O–H groups in total. The average Bonchev–Trinajstić information content (AvgIpc) is 3.20. The molecular formula is C22H25N3O4S2. The van der Waals surface area contributed by atoms with E-state index in [0.29, 0.717) is 29.7 Å². The Hall–Kier alpha value is -2.49. The SMILES string of the molecule is COc1ccc2nc(NCC(=O)c3ccc(S(=O)(=O)N4CCC(C)CC4)cc3)sc2c1. The number of ketones is 1. The van der Waals surface area contributed by atoms with Gasteiger partial charge in [-0.1, -0.05) is 18.3 Å². The summed E-state index contributed by atoms with van der Waals surface area (Å²) in [5, 5.41) is 3.71. The maximum atomic E-state index is 12.8. The van der Waals surface area contributed by atoms with E-state index >= 15 is 0 Å². The van der Waals surface area contributed by atoms with Crippen molar-refractivity contribution in [3.05, 3.63) is 48.0 Å². The molecule has 0 amide bonds. The number of hydrogen-bond donors (Lipinski definition) is 1. The van der Waals surface area contributed by atoms with Crippen LogP contribution in [0.3, 0.4) is 0 Å². The zero-order valence-corrected chi connectivity index (χ0v) is 19.1. The molecule has 9 heteroatoms. The van der Waals surface area contributed by atoms with Crippen LogP contribution in [0.15, 0.2) is 47.4 Å². The molecule has 0 bridgehead atoms. The van der Waals surface area contributed by atoms with Crippen LogP contribution in [-0.2, 0) is 10.0 Å². The van der Waals surface area contributed by atoms with E-state index in [1.165, 1.54) is 27.8 Å². The molecule has 1 fully saturated rings. The second kappa shape index (κ2) is 8.94. The molecular weight excluding hydrogens is 434 g/mol. The van der Waals surface area contributed by atoms with Gasteiger partial charge < -0.3 is 10.1 Å². The van der Waals surface area contributed by atoms with Gasteiger partial charge in [0.2, 0.25) is 10.0 Å². The van der Waals surface area contributed by atoms with E-state index in [9.17, 15) is 13.2 Å². The Morgan fingerprint density at radius 3 is 2.58 bits per heavy atom. The van der Waals surface area contributed by atoms with Crippen molar-refractivity contribution in [2.24, 2.45) is 5.92 Å². The normalized spacial score (nSPS) is 15.8. The second-order valence-electron chi connectivity index (χ2n) is 7.74. The van der Waals surface area contributed by atoms with Gasteiger partial charge in [0.1, 0.15) is 5.75 Å². The Labute approximate surface area is 186 Å². The fourth-order valence-electron chi connectivity index (χ4n) is 3.55. The van der Waals surface area contributed by atoms with E-state index in [0.717, 1.165) is 28.8 Å². The third-order valence-corrected chi connectivity index (χ3v) is 8.44. The number of benzene rings is 2. The first-order valence-electron chi connectivity index (χ1n) is 10.2. The molecule has 1 aromatic heterocycles. The predicted octanol–water partition coefficient (Wildman–Crippen LogP) is 4.02. The summed E-state index contributed by atoms with van der Waals surface area (Å²) >= 11 is 1.45. The number of nitrogens with zero attached hydrogens (tertiary/aromatic N) is 2. The minimum atomic E-state index is -3.52. The number of sulfonamides is 1. The molecule has 0 unspecified atom stereocenters. The third-order valence-electron chi connectivity index (χ3n) is 5.55. The smallest absolute Gasteiger partial charge is 0.243 e. The Balaban J connectivity index is 1.40. The molecule has 7 nitrogen and oxygen atoms in total. The van der Waals surface area contributed by atoms with Gasteiger partial charge in [-0.3, -0.25) is 4.79 Å². The number of aromatic nitrogens is 1. The first-order chi connectivity index (χ1) is 14.9. The van der Waals surface area contributed by atoms with E-state index in [2.05, 4.69) is 17.2 Å². The lowest BCUT2D eigenvalue weighted by Gasteiger charge is -2.29. The van der Waals surface area contributed by atoms with Gasteiger partial charge in [-0.25, -0.2) is 13.4 Å². The molecule has 2 heterocycles. The van der Waals surface area contributed by atoms with Crippen LogP contribution in [0.1, 0.15) is 30.1 Å². The number of thiazole rings is 1. The van der Waals surface area contributed by atoms with E-state index in [4.69, 9.17) is 4.74 Å². The summed E-state index contributed by atoms with van der Waals surface area (Å²) in [6.45, 7) is 3.31. The molecule has 3 aromatic rings. The number of hydrogen-bond acceptors (Lipinski definition) is 7. The van der Waals surface area contributed by atoms with Gasteiger partial charge in [0.25, 0.3) is 0 Å². The van der Waals surface area contributed by atoms with Crippen molar-refractivity contribution in [1.82, 2.24) is 9.29 Å². The van der Waals surface area contributed by atoms with Crippen LogP contribution in [0.2, 0.25) is 0 Å². The monoisotopic (exact) mass is 459 g/mol. The van der Waals surface area contributed by atoms with Crippen molar-refractivity contribution in [2.45, 2.75) is 24.7 Å². The van der Waals surface area contributed by atoms with Crippen molar-refractivity contribution in [3.63, 3.8) is 0 Å². The van der Waals surface area contributed by atoms with Crippen LogP contribution in [0.5, 0.6) is 5.75 Å². The second-order valence-corrected chi connectivity index (χ2v) is 10.7. The van der Waals surface area contributed by atoms with E-state index in [1.54, 1.807) is 19.2 Å². The number of piperidine rings is 1. The molecule has 1 aliphatic heterocycles. The lowest BCUT2D eigenvalue weighted by Crippen LogP contribution is -2.37. The predicted molar refractivity (Wildman–Crippen MR) is 123 cm³/mol. The molecule has 0 aliphatic carbocycles. The van der Waals surface area contributed by atoms with Gasteiger partial charge >= 0.3 is 0 Å². The molecule has 4 rings (SSSR count). The van der Waals surface area contributed by atoms with E-state index in [1.807, 2.05) is 18.2 Å². The van der Waals surface area contributed by atoms with Crippen molar-refractivity contribution >= 4 is 42.5 Å². The number of anilines is 1. The summed E-state index contributed by atoms with van der Waals surface area (Å²) in [6, 6.07) is 11.8. The standard InChI is InChI=1S/C22H25N3O4S2/c1-15-9-11-25(12-10-15)31(27,28)18-6-3-16(4-7-18)20(26)14-23-22-24-19-8-5-17(29-2)13-21(19)30-22/h3-8,13,15H,9-12,14H2,1-2H3,(H,23,24). The third kappa shape index (κ3) is 4.73. The van der Waals surface area contributed by atoms with Crippen LogP contribution < -0.4 is 10.1 Å². The number of methoxy groups -OCH3 is 1. The van der Waals surface area contributed by atoms with Crippen LogP contribution >= 0.6 is 11.3 Å². The molecule has 164 valence electrons. The Morgan fingerprint density at radius 2 is 1.90 bits per heavy atom. The summed E-state index contributed by atoms with van der Waals surface area (Å²) in [4.78, 5) is 17.3. The first-order valence-corrected chi connectivity index (χ1v) is 12.4. The molecule has 1 saturated heterocycles. The molecule has 0 spiro atoms. The molecule has 31 heavy (non-hydrogen) atoms.